The maximum atomic E-state index is 13.0. The normalized spacial score (nSPS) is 10.9. The van der Waals surface area contributed by atoms with E-state index in [1.54, 1.807) is 12.1 Å². The molecular formula is C13H17FN4OS. The second kappa shape index (κ2) is 7.37. The molecule has 5 nitrogen and oxygen atoms in total. The van der Waals surface area contributed by atoms with Crippen molar-refractivity contribution < 1.29 is 9.50 Å². The molecule has 3 N–H and O–H groups in total. The lowest BCUT2D eigenvalue weighted by atomic mass is 10.3. The van der Waals surface area contributed by atoms with Crippen molar-refractivity contribution in [2.45, 2.75) is 18.0 Å². The number of nitrogens with zero attached hydrogens (tertiary/aromatic N) is 3. The van der Waals surface area contributed by atoms with Crippen molar-refractivity contribution in [2.75, 3.05) is 18.9 Å². The lowest BCUT2D eigenvalue weighted by Crippen LogP contribution is -2.09. The quantitative estimate of drug-likeness (QED) is 0.596. The van der Waals surface area contributed by atoms with Crippen LogP contribution in [0.15, 0.2) is 29.4 Å². The van der Waals surface area contributed by atoms with Gasteiger partial charge in [-0.2, -0.15) is 0 Å². The molecule has 0 unspecified atom stereocenters. The summed E-state index contributed by atoms with van der Waals surface area (Å²) in [5.74, 6) is 1.22. The molecule has 2 aromatic rings. The van der Waals surface area contributed by atoms with E-state index in [0.717, 1.165) is 22.4 Å². The molecule has 1 heterocycles. The van der Waals surface area contributed by atoms with Crippen molar-refractivity contribution in [2.24, 2.45) is 5.73 Å². The highest BCUT2D eigenvalue weighted by Crippen LogP contribution is 2.23. The molecule has 1 aromatic heterocycles. The average Bonchev–Trinajstić information content (AvgIpc) is 2.84. The highest BCUT2D eigenvalue weighted by Gasteiger charge is 2.13. The Kier molecular flexibility index (Phi) is 5.51. The Labute approximate surface area is 121 Å². The smallest absolute Gasteiger partial charge is 0.195 e. The number of aliphatic hydroxyl groups excluding tert-OH is 1. The Morgan fingerprint density at radius 2 is 2.00 bits per heavy atom. The van der Waals surface area contributed by atoms with Gasteiger partial charge in [0.25, 0.3) is 0 Å². The van der Waals surface area contributed by atoms with Gasteiger partial charge in [0.1, 0.15) is 11.6 Å². The molecule has 0 fully saturated rings. The van der Waals surface area contributed by atoms with Gasteiger partial charge in [-0.3, -0.25) is 4.57 Å². The molecule has 0 atom stereocenters. The van der Waals surface area contributed by atoms with Crippen LogP contribution < -0.4 is 5.73 Å². The third-order valence-electron chi connectivity index (χ3n) is 2.69. The van der Waals surface area contributed by atoms with E-state index < -0.39 is 0 Å². The van der Waals surface area contributed by atoms with E-state index in [2.05, 4.69) is 10.2 Å². The summed E-state index contributed by atoms with van der Waals surface area (Å²) in [6.07, 6.45) is 1.29. The van der Waals surface area contributed by atoms with Gasteiger partial charge in [-0.05, 0) is 37.2 Å². The van der Waals surface area contributed by atoms with Crippen LogP contribution >= 0.6 is 11.8 Å². The molecule has 108 valence electrons. The van der Waals surface area contributed by atoms with E-state index in [0.29, 0.717) is 19.4 Å². The highest BCUT2D eigenvalue weighted by atomic mass is 32.2. The van der Waals surface area contributed by atoms with Gasteiger partial charge < -0.3 is 10.8 Å². The van der Waals surface area contributed by atoms with E-state index in [1.807, 2.05) is 4.57 Å². The lowest BCUT2D eigenvalue weighted by molar-refractivity contribution is 0.296. The van der Waals surface area contributed by atoms with Gasteiger partial charge in [0, 0.05) is 24.5 Å². The third kappa shape index (κ3) is 3.56. The predicted octanol–water partition coefficient (Wildman–Crippen LogP) is 1.38. The lowest BCUT2D eigenvalue weighted by Gasteiger charge is -2.09. The zero-order chi connectivity index (χ0) is 14.4. The molecule has 0 amide bonds. The van der Waals surface area contributed by atoms with Gasteiger partial charge in [-0.25, -0.2) is 4.39 Å². The summed E-state index contributed by atoms with van der Waals surface area (Å²) in [7, 11) is 0. The molecule has 0 spiro atoms. The summed E-state index contributed by atoms with van der Waals surface area (Å²) in [5, 5.41) is 17.9. The summed E-state index contributed by atoms with van der Waals surface area (Å²) in [6.45, 7) is 0.619. The van der Waals surface area contributed by atoms with Crippen molar-refractivity contribution in [3.8, 4) is 5.69 Å². The van der Waals surface area contributed by atoms with Crippen molar-refractivity contribution in [1.29, 1.82) is 0 Å². The Balaban J connectivity index is 2.30. The molecule has 20 heavy (non-hydrogen) atoms. The minimum Gasteiger partial charge on any atom is -0.396 e. The van der Waals surface area contributed by atoms with Crippen molar-refractivity contribution in [1.82, 2.24) is 14.8 Å². The van der Waals surface area contributed by atoms with Crippen LogP contribution in [0.1, 0.15) is 12.2 Å². The zero-order valence-corrected chi connectivity index (χ0v) is 11.8. The topological polar surface area (TPSA) is 77.0 Å². The Hall–Kier alpha value is -1.44. The SMILES string of the molecule is NCCc1nnc(SCCCO)n1-c1ccc(F)cc1. The summed E-state index contributed by atoms with van der Waals surface area (Å²) in [6, 6.07) is 6.19. The minimum absolute atomic E-state index is 0.146. The molecule has 0 aliphatic heterocycles. The fourth-order valence-electron chi connectivity index (χ4n) is 1.76. The van der Waals surface area contributed by atoms with Crippen LogP contribution in [0.5, 0.6) is 0 Å². The van der Waals surface area contributed by atoms with Gasteiger partial charge >= 0.3 is 0 Å². The van der Waals surface area contributed by atoms with E-state index in [-0.39, 0.29) is 12.4 Å². The summed E-state index contributed by atoms with van der Waals surface area (Å²) >= 11 is 1.51. The van der Waals surface area contributed by atoms with Crippen LogP contribution in [0.25, 0.3) is 5.69 Å². The minimum atomic E-state index is -0.281. The van der Waals surface area contributed by atoms with Crippen LogP contribution in [0.2, 0.25) is 0 Å². The standard InChI is InChI=1S/C13H17FN4OS/c14-10-2-4-11(5-3-10)18-12(6-7-15)16-17-13(18)20-9-1-8-19/h2-5,19H,1,6-9,15H2. The Morgan fingerprint density at radius 3 is 2.65 bits per heavy atom. The maximum Gasteiger partial charge on any atom is 0.195 e. The molecule has 7 heteroatoms. The number of benzene rings is 1. The van der Waals surface area contributed by atoms with Gasteiger partial charge in [-0.1, -0.05) is 11.8 Å². The molecule has 2 rings (SSSR count). The third-order valence-corrected chi connectivity index (χ3v) is 3.70. The second-order valence-corrected chi connectivity index (χ2v) is 5.24. The van der Waals surface area contributed by atoms with E-state index >= 15 is 0 Å². The molecule has 0 radical (unpaired) electrons. The number of hydrogen-bond acceptors (Lipinski definition) is 5. The monoisotopic (exact) mass is 296 g/mol. The first kappa shape index (κ1) is 15.0. The fourth-order valence-corrected chi connectivity index (χ4v) is 2.66. The zero-order valence-electron chi connectivity index (χ0n) is 11.0. The average molecular weight is 296 g/mol. The summed E-state index contributed by atoms with van der Waals surface area (Å²) < 4.78 is 14.9. The number of aromatic nitrogens is 3. The van der Waals surface area contributed by atoms with Gasteiger partial charge in [0.2, 0.25) is 0 Å². The highest BCUT2D eigenvalue weighted by molar-refractivity contribution is 7.99. The number of nitrogens with two attached hydrogens (primary N) is 1. The molecule has 0 bridgehead atoms. The Morgan fingerprint density at radius 1 is 1.25 bits per heavy atom. The van der Waals surface area contributed by atoms with Crippen molar-refractivity contribution in [3.63, 3.8) is 0 Å². The van der Waals surface area contributed by atoms with Crippen LogP contribution in [0.4, 0.5) is 4.39 Å². The van der Waals surface area contributed by atoms with E-state index in [1.165, 1.54) is 23.9 Å². The van der Waals surface area contributed by atoms with Crippen LogP contribution in [0, 0.1) is 5.82 Å². The van der Waals surface area contributed by atoms with Gasteiger partial charge in [-0.15, -0.1) is 10.2 Å². The first-order chi connectivity index (χ1) is 9.76. The van der Waals surface area contributed by atoms with E-state index in [9.17, 15) is 4.39 Å². The Bertz CT molecular complexity index is 544. The molecule has 0 aliphatic carbocycles. The first-order valence-corrected chi connectivity index (χ1v) is 7.38. The second-order valence-electron chi connectivity index (χ2n) is 4.17. The molecule has 0 saturated heterocycles. The maximum absolute atomic E-state index is 13.0. The molecule has 0 saturated carbocycles. The number of hydrogen-bond donors (Lipinski definition) is 2. The molecule has 0 aliphatic rings. The summed E-state index contributed by atoms with van der Waals surface area (Å²) in [4.78, 5) is 0. The van der Waals surface area contributed by atoms with Crippen LogP contribution in [-0.2, 0) is 6.42 Å². The van der Waals surface area contributed by atoms with Crippen LogP contribution in [0.3, 0.4) is 0 Å². The fraction of sp³-hybridized carbons (Fsp3) is 0.385. The number of rotatable bonds is 7. The van der Waals surface area contributed by atoms with Crippen molar-refractivity contribution in [3.05, 3.63) is 35.9 Å². The number of thioether (sulfide) groups is 1. The summed E-state index contributed by atoms with van der Waals surface area (Å²) in [5.41, 5.74) is 6.39. The largest absolute Gasteiger partial charge is 0.396 e. The van der Waals surface area contributed by atoms with Gasteiger partial charge in [0.15, 0.2) is 5.16 Å². The first-order valence-electron chi connectivity index (χ1n) is 6.40. The predicted molar refractivity (Wildman–Crippen MR) is 76.5 cm³/mol. The molecular weight excluding hydrogens is 279 g/mol. The molecule has 1 aromatic carbocycles. The van der Waals surface area contributed by atoms with E-state index in [4.69, 9.17) is 10.8 Å². The van der Waals surface area contributed by atoms with Crippen molar-refractivity contribution >= 4 is 11.8 Å². The number of aliphatic hydroxyl groups is 1. The van der Waals surface area contributed by atoms with Gasteiger partial charge in [0.05, 0.1) is 0 Å². The van der Waals surface area contributed by atoms with Crippen LogP contribution in [-0.4, -0.2) is 38.8 Å². The number of halogens is 1.